The number of nitrogens with zero attached hydrogens (tertiary/aromatic N) is 3. The van der Waals surface area contributed by atoms with Crippen LogP contribution >= 0.6 is 23.1 Å². The van der Waals surface area contributed by atoms with Gasteiger partial charge in [-0.3, -0.25) is 9.36 Å². The molecule has 0 spiro atoms. The van der Waals surface area contributed by atoms with Crippen LogP contribution in [0.2, 0.25) is 0 Å². The fourth-order valence-corrected chi connectivity index (χ4v) is 4.20. The molecule has 2 aromatic heterocycles. The Morgan fingerprint density at radius 2 is 1.71 bits per heavy atom. The third-order valence-electron chi connectivity index (χ3n) is 4.03. The Hall–Kier alpha value is -2.90. The van der Waals surface area contributed by atoms with Crippen molar-refractivity contribution in [3.63, 3.8) is 0 Å². The minimum Gasteiger partial charge on any atom is -0.325 e. The molecule has 4 aromatic rings. The van der Waals surface area contributed by atoms with Crippen molar-refractivity contribution < 1.29 is 4.79 Å². The van der Waals surface area contributed by atoms with Crippen molar-refractivity contribution in [2.45, 2.75) is 11.7 Å². The van der Waals surface area contributed by atoms with Crippen LogP contribution in [-0.4, -0.2) is 26.4 Å². The number of nitrogens with one attached hydrogen (secondary N) is 1. The topological polar surface area (TPSA) is 59.8 Å². The molecule has 0 unspecified atom stereocenters. The van der Waals surface area contributed by atoms with Crippen molar-refractivity contribution in [3.8, 4) is 10.7 Å². The lowest BCUT2D eigenvalue weighted by molar-refractivity contribution is -0.113. The van der Waals surface area contributed by atoms with E-state index in [4.69, 9.17) is 0 Å². The molecule has 0 bridgehead atoms. The van der Waals surface area contributed by atoms with Gasteiger partial charge in [0.25, 0.3) is 0 Å². The fourth-order valence-electron chi connectivity index (χ4n) is 2.74. The van der Waals surface area contributed by atoms with Gasteiger partial charge >= 0.3 is 0 Å². The largest absolute Gasteiger partial charge is 0.325 e. The average Bonchev–Trinajstić information content (AvgIpc) is 3.38. The van der Waals surface area contributed by atoms with E-state index in [1.165, 1.54) is 11.8 Å². The minimum absolute atomic E-state index is 0.0665. The van der Waals surface area contributed by atoms with E-state index >= 15 is 0 Å². The predicted molar refractivity (Wildman–Crippen MR) is 115 cm³/mol. The van der Waals surface area contributed by atoms with Crippen LogP contribution in [0.25, 0.3) is 10.7 Å². The van der Waals surface area contributed by atoms with E-state index in [0.717, 1.165) is 27.1 Å². The van der Waals surface area contributed by atoms with Gasteiger partial charge in [-0.15, -0.1) is 21.5 Å². The summed E-state index contributed by atoms with van der Waals surface area (Å²) in [6.07, 6.45) is 0. The zero-order valence-electron chi connectivity index (χ0n) is 15.0. The summed E-state index contributed by atoms with van der Waals surface area (Å²) in [6, 6.07) is 23.7. The van der Waals surface area contributed by atoms with E-state index in [1.54, 1.807) is 11.3 Å². The molecule has 0 aliphatic heterocycles. The molecular formula is C21H18N4OS2. The SMILES string of the molecule is O=C(CSc1nnc(-c2cccs2)n1Cc1ccccc1)Nc1ccccc1. The highest BCUT2D eigenvalue weighted by Gasteiger charge is 2.16. The first-order valence-electron chi connectivity index (χ1n) is 8.78. The molecule has 0 saturated heterocycles. The molecule has 2 aromatic carbocycles. The number of carbonyl (C=O) groups excluding carboxylic acids is 1. The normalized spacial score (nSPS) is 10.7. The molecule has 0 fully saturated rings. The van der Waals surface area contributed by atoms with Crippen molar-refractivity contribution in [2.75, 3.05) is 11.1 Å². The first-order chi connectivity index (χ1) is 13.8. The molecule has 0 saturated carbocycles. The molecule has 0 radical (unpaired) electrons. The molecule has 5 nitrogen and oxygen atoms in total. The third-order valence-corrected chi connectivity index (χ3v) is 5.86. The van der Waals surface area contributed by atoms with Crippen LogP contribution in [0.1, 0.15) is 5.56 Å². The highest BCUT2D eigenvalue weighted by molar-refractivity contribution is 7.99. The van der Waals surface area contributed by atoms with Gasteiger partial charge in [0.05, 0.1) is 17.2 Å². The molecule has 4 rings (SSSR count). The van der Waals surface area contributed by atoms with Gasteiger partial charge in [-0.2, -0.15) is 0 Å². The second kappa shape index (κ2) is 8.86. The van der Waals surface area contributed by atoms with Crippen LogP contribution in [0, 0.1) is 0 Å². The lowest BCUT2D eigenvalue weighted by Crippen LogP contribution is -2.14. The lowest BCUT2D eigenvalue weighted by atomic mass is 10.2. The maximum atomic E-state index is 12.3. The average molecular weight is 407 g/mol. The van der Waals surface area contributed by atoms with E-state index in [9.17, 15) is 4.79 Å². The van der Waals surface area contributed by atoms with Gasteiger partial charge in [0.2, 0.25) is 5.91 Å². The van der Waals surface area contributed by atoms with E-state index < -0.39 is 0 Å². The smallest absolute Gasteiger partial charge is 0.234 e. The molecule has 1 amide bonds. The molecule has 0 aliphatic carbocycles. The number of carbonyl (C=O) groups is 1. The summed E-state index contributed by atoms with van der Waals surface area (Å²) in [7, 11) is 0. The standard InChI is InChI=1S/C21H18N4OS2/c26-19(22-17-10-5-2-6-11-17)15-28-21-24-23-20(18-12-7-13-27-18)25(21)14-16-8-3-1-4-9-16/h1-13H,14-15H2,(H,22,26). The Balaban J connectivity index is 1.52. The maximum Gasteiger partial charge on any atom is 0.234 e. The van der Waals surface area contributed by atoms with E-state index in [2.05, 4.69) is 32.2 Å². The second-order valence-corrected chi connectivity index (χ2v) is 7.95. The Kier molecular flexibility index (Phi) is 5.84. The summed E-state index contributed by atoms with van der Waals surface area (Å²) in [6.45, 7) is 0.656. The first kappa shape index (κ1) is 18.5. The monoisotopic (exact) mass is 406 g/mol. The van der Waals surface area contributed by atoms with Crippen molar-refractivity contribution >= 4 is 34.7 Å². The van der Waals surface area contributed by atoms with Crippen LogP contribution in [0.3, 0.4) is 0 Å². The number of amides is 1. The fraction of sp³-hybridized carbons (Fsp3) is 0.0952. The molecule has 140 valence electrons. The van der Waals surface area contributed by atoms with Gasteiger partial charge in [0, 0.05) is 5.69 Å². The summed E-state index contributed by atoms with van der Waals surface area (Å²) >= 11 is 3.02. The van der Waals surface area contributed by atoms with Crippen LogP contribution in [0.15, 0.2) is 83.3 Å². The van der Waals surface area contributed by atoms with Crippen molar-refractivity contribution in [1.29, 1.82) is 0 Å². The van der Waals surface area contributed by atoms with E-state index in [1.807, 2.05) is 66.0 Å². The number of para-hydroxylation sites is 1. The van der Waals surface area contributed by atoms with Gasteiger partial charge in [-0.25, -0.2) is 0 Å². The van der Waals surface area contributed by atoms with E-state index in [0.29, 0.717) is 6.54 Å². The van der Waals surface area contributed by atoms with Crippen LogP contribution in [0.5, 0.6) is 0 Å². The highest BCUT2D eigenvalue weighted by Crippen LogP contribution is 2.28. The van der Waals surface area contributed by atoms with Crippen LogP contribution in [0.4, 0.5) is 5.69 Å². The quantitative estimate of drug-likeness (QED) is 0.449. The van der Waals surface area contributed by atoms with Crippen molar-refractivity contribution in [2.24, 2.45) is 0 Å². The number of anilines is 1. The summed E-state index contributed by atoms with van der Waals surface area (Å²) in [4.78, 5) is 13.4. The lowest BCUT2D eigenvalue weighted by Gasteiger charge is -2.10. The summed E-state index contributed by atoms with van der Waals surface area (Å²) < 4.78 is 2.07. The number of thiophene rings is 1. The number of hydrogen-bond acceptors (Lipinski definition) is 5. The highest BCUT2D eigenvalue weighted by atomic mass is 32.2. The molecule has 0 atom stereocenters. The zero-order chi connectivity index (χ0) is 19.2. The van der Waals surface area contributed by atoms with Gasteiger partial charge < -0.3 is 5.32 Å². The third kappa shape index (κ3) is 4.49. The molecule has 28 heavy (non-hydrogen) atoms. The van der Waals surface area contributed by atoms with Crippen molar-refractivity contribution in [3.05, 3.63) is 83.7 Å². The van der Waals surface area contributed by atoms with Gasteiger partial charge in [0.1, 0.15) is 0 Å². The minimum atomic E-state index is -0.0665. The Morgan fingerprint density at radius 3 is 2.43 bits per heavy atom. The van der Waals surface area contributed by atoms with Gasteiger partial charge in [-0.1, -0.05) is 66.4 Å². The maximum absolute atomic E-state index is 12.3. The Labute approximate surface area is 171 Å². The molecule has 7 heteroatoms. The van der Waals surface area contributed by atoms with Gasteiger partial charge in [0.15, 0.2) is 11.0 Å². The number of thioether (sulfide) groups is 1. The molecule has 0 aliphatic rings. The first-order valence-corrected chi connectivity index (χ1v) is 10.6. The second-order valence-electron chi connectivity index (χ2n) is 6.06. The zero-order valence-corrected chi connectivity index (χ0v) is 16.6. The number of rotatable bonds is 7. The van der Waals surface area contributed by atoms with Gasteiger partial charge in [-0.05, 0) is 29.1 Å². The predicted octanol–water partition coefficient (Wildman–Crippen LogP) is 4.79. The Morgan fingerprint density at radius 1 is 0.964 bits per heavy atom. The molecule has 2 heterocycles. The number of aromatic nitrogens is 3. The summed E-state index contributed by atoms with van der Waals surface area (Å²) in [5.74, 6) is 1.03. The summed E-state index contributed by atoms with van der Waals surface area (Å²) in [5.41, 5.74) is 1.95. The van der Waals surface area contributed by atoms with Crippen molar-refractivity contribution in [1.82, 2.24) is 14.8 Å². The van der Waals surface area contributed by atoms with E-state index in [-0.39, 0.29) is 11.7 Å². The molecular weight excluding hydrogens is 388 g/mol. The molecule has 1 N–H and O–H groups in total. The number of benzene rings is 2. The Bertz CT molecular complexity index is 1030. The number of hydrogen-bond donors (Lipinski definition) is 1. The summed E-state index contributed by atoms with van der Waals surface area (Å²) in [5, 5.41) is 14.4. The van der Waals surface area contributed by atoms with Crippen LogP contribution < -0.4 is 5.32 Å². The van der Waals surface area contributed by atoms with Crippen LogP contribution in [-0.2, 0) is 11.3 Å².